The predicted octanol–water partition coefficient (Wildman–Crippen LogP) is 21.0. The van der Waals surface area contributed by atoms with Gasteiger partial charge in [-0.05, 0) is 122 Å². The van der Waals surface area contributed by atoms with Crippen LogP contribution in [0.3, 0.4) is 0 Å². The maximum atomic E-state index is 13.5. The van der Waals surface area contributed by atoms with E-state index in [0.29, 0.717) is 23.9 Å². The summed E-state index contributed by atoms with van der Waals surface area (Å²) in [5.41, 5.74) is 0. The lowest BCUT2D eigenvalue weighted by Gasteiger charge is -2.27. The van der Waals surface area contributed by atoms with Crippen molar-refractivity contribution in [2.45, 2.75) is 264 Å². The summed E-state index contributed by atoms with van der Waals surface area (Å²) < 4.78 is 30.7. The second-order valence-electron chi connectivity index (χ2n) is 22.9. The van der Waals surface area contributed by atoms with E-state index >= 15 is 0 Å². The van der Waals surface area contributed by atoms with E-state index in [9.17, 15) is 19.0 Å². The van der Waals surface area contributed by atoms with Gasteiger partial charge in [-0.25, -0.2) is 4.57 Å². The minimum atomic E-state index is -4.48. The molecule has 0 aromatic rings. The molecule has 0 saturated heterocycles. The Morgan fingerprint density at radius 3 is 1.18 bits per heavy atom. The van der Waals surface area contributed by atoms with E-state index in [4.69, 9.17) is 13.8 Å². The quantitative estimate of drug-likeness (QED) is 0.0205. The van der Waals surface area contributed by atoms with Gasteiger partial charge in [-0.15, -0.1) is 0 Å². The highest BCUT2D eigenvalue weighted by Crippen LogP contribution is 2.43. The number of esters is 1. The summed E-state index contributed by atoms with van der Waals surface area (Å²) >= 11 is 0. The molecule has 472 valence electrons. The number of ether oxygens (including phenoxy) is 1. The molecule has 0 heterocycles. The first-order valence-electron chi connectivity index (χ1n) is 33.2. The summed E-state index contributed by atoms with van der Waals surface area (Å²) in [7, 11) is 1.43. The zero-order chi connectivity index (χ0) is 60.7. The van der Waals surface area contributed by atoms with Gasteiger partial charge in [0.05, 0.1) is 33.8 Å². The van der Waals surface area contributed by atoms with Crippen LogP contribution in [0.25, 0.3) is 0 Å². The molecule has 0 aromatic heterocycles. The Bertz CT molecular complexity index is 1930. The molecule has 0 fully saturated rings. The van der Waals surface area contributed by atoms with Gasteiger partial charge in [0.15, 0.2) is 0 Å². The maximum absolute atomic E-state index is 13.5. The molecule has 0 bridgehead atoms. The van der Waals surface area contributed by atoms with Crippen molar-refractivity contribution in [3.05, 3.63) is 146 Å². The summed E-state index contributed by atoms with van der Waals surface area (Å²) in [6, 6.07) is -0.893. The number of nitrogens with zero attached hydrogens (tertiary/aromatic N) is 1. The summed E-state index contributed by atoms with van der Waals surface area (Å²) in [6.07, 6.45) is 88.6. The summed E-state index contributed by atoms with van der Waals surface area (Å²) in [6.45, 7) is 6.72. The third-order valence-corrected chi connectivity index (χ3v) is 14.8. The minimum absolute atomic E-state index is 0.0203. The van der Waals surface area contributed by atoms with Crippen LogP contribution in [0.4, 0.5) is 0 Å². The van der Waals surface area contributed by atoms with Gasteiger partial charge in [0.25, 0.3) is 0 Å². The number of carbonyl (C=O) groups excluding carboxylic acids is 2. The largest absolute Gasteiger partial charge is 0.472 e. The summed E-state index contributed by atoms with van der Waals surface area (Å²) in [5, 5.41) is 3.02. The lowest BCUT2D eigenvalue weighted by molar-refractivity contribution is -0.870. The molecule has 0 aliphatic heterocycles. The number of phosphoric acid groups is 1. The van der Waals surface area contributed by atoms with Crippen molar-refractivity contribution >= 4 is 19.7 Å². The van der Waals surface area contributed by atoms with Gasteiger partial charge in [0, 0.05) is 12.8 Å². The number of likely N-dealkylation sites (N-methyl/N-ethyl adjacent to an activating group) is 1. The van der Waals surface area contributed by atoms with Gasteiger partial charge < -0.3 is 19.4 Å². The molecule has 10 heteroatoms. The van der Waals surface area contributed by atoms with Crippen molar-refractivity contribution < 1.29 is 37.3 Å². The van der Waals surface area contributed by atoms with Gasteiger partial charge in [-0.1, -0.05) is 263 Å². The fourth-order valence-electron chi connectivity index (χ4n) is 8.74. The van der Waals surface area contributed by atoms with Crippen LogP contribution >= 0.6 is 7.82 Å². The van der Waals surface area contributed by atoms with Crippen LogP contribution in [0, 0.1) is 0 Å². The Morgan fingerprint density at radius 1 is 0.434 bits per heavy atom. The Kier molecular flexibility index (Phi) is 58.0. The fourth-order valence-corrected chi connectivity index (χ4v) is 9.48. The number of rotatable bonds is 58. The molecule has 0 rings (SSSR count). The number of quaternary nitrogens is 1. The van der Waals surface area contributed by atoms with E-state index in [1.165, 1.54) is 83.5 Å². The number of phosphoric ester groups is 1. The van der Waals surface area contributed by atoms with Crippen LogP contribution in [0.1, 0.15) is 252 Å². The number of allylic oxidation sites excluding steroid dienone is 23. The Labute approximate surface area is 510 Å². The smallest absolute Gasteiger partial charge is 0.456 e. The van der Waals surface area contributed by atoms with E-state index in [2.05, 4.69) is 160 Å². The average molecular weight is 1170 g/mol. The highest BCUT2D eigenvalue weighted by Gasteiger charge is 2.30. The van der Waals surface area contributed by atoms with Gasteiger partial charge in [0.1, 0.15) is 19.3 Å². The molecule has 2 N–H and O–H groups in total. The van der Waals surface area contributed by atoms with E-state index in [1.807, 2.05) is 33.3 Å². The van der Waals surface area contributed by atoms with Gasteiger partial charge in [-0.2, -0.15) is 0 Å². The van der Waals surface area contributed by atoms with Gasteiger partial charge in [0.2, 0.25) is 5.91 Å². The molecular formula is C73H124N2O7P+. The molecule has 0 saturated carbocycles. The van der Waals surface area contributed by atoms with E-state index < -0.39 is 20.0 Å². The van der Waals surface area contributed by atoms with Crippen LogP contribution in [-0.2, 0) is 27.9 Å². The third-order valence-electron chi connectivity index (χ3n) is 13.8. The van der Waals surface area contributed by atoms with Gasteiger partial charge in [-0.3, -0.25) is 18.6 Å². The Hall–Kier alpha value is -4.11. The van der Waals surface area contributed by atoms with Crippen LogP contribution in [0.15, 0.2) is 146 Å². The molecular weight excluding hydrogens is 1050 g/mol. The Morgan fingerprint density at radius 2 is 0.783 bits per heavy atom. The van der Waals surface area contributed by atoms with Crippen molar-refractivity contribution in [2.75, 3.05) is 40.9 Å². The van der Waals surface area contributed by atoms with E-state index in [1.54, 1.807) is 0 Å². The van der Waals surface area contributed by atoms with Gasteiger partial charge >= 0.3 is 13.8 Å². The number of nitrogens with one attached hydrogen (secondary N) is 1. The van der Waals surface area contributed by atoms with Crippen LogP contribution < -0.4 is 5.32 Å². The first kappa shape index (κ1) is 78.9. The molecule has 0 aliphatic rings. The SMILES string of the molecule is CC/C=C\C/C=C\C/C=C\C/C=C\C/C=C\C/C=C\CCCCCCCCCCC(=O)OC(/C=C\CCCCCCCCCCCCC)C(COP(=O)(O)OCC[N+](C)(C)C)NC(=O)CCC/C=C\C/C=C\C/C=C\C/C=C\C/C=C\CC. The third kappa shape index (κ3) is 62.2. The Balaban J connectivity index is 5.25. The maximum Gasteiger partial charge on any atom is 0.472 e. The first-order chi connectivity index (χ1) is 40.4. The first-order valence-corrected chi connectivity index (χ1v) is 34.7. The standard InChI is InChI=1S/C73H123N2O7P/c1-7-10-13-16-19-22-25-28-30-32-33-34-35-36-37-38-39-40-41-43-45-48-51-54-57-60-63-66-73(77)82-71(64-61-58-55-52-49-46-27-24-21-18-15-12-9-3)70(69-81-83(78,79)80-68-67-75(4,5)6)74-72(76)65-62-59-56-53-50-47-44-42-31-29-26-23-20-17-14-11-8-2/h10-11,13-14,19-20,22-23,28-31,33-34,36-37,39-40,44,47,53,56,61,64,70-71H,7-9,12,15-18,21,24-27,32,35,38,41-43,45-46,48-52,54-55,57-60,62-63,65-69H2,1-6H3,(H-,74,76,78,79)/p+1/b13-10-,14-11-,22-19-,23-20-,30-28-,31-29-,34-33-,37-36-,40-39-,47-44-,56-53-,64-61-. The average Bonchev–Trinajstić information content (AvgIpc) is 3.47. The predicted molar refractivity (Wildman–Crippen MR) is 359 cm³/mol. The summed E-state index contributed by atoms with van der Waals surface area (Å²) in [4.78, 5) is 37.8. The highest BCUT2D eigenvalue weighted by atomic mass is 31.2. The molecule has 9 nitrogen and oxygen atoms in total. The van der Waals surface area contributed by atoms with Crippen LogP contribution in [-0.4, -0.2) is 74.3 Å². The summed E-state index contributed by atoms with van der Waals surface area (Å²) in [5.74, 6) is -0.592. The molecule has 0 radical (unpaired) electrons. The number of hydrogen-bond donors (Lipinski definition) is 2. The van der Waals surface area contributed by atoms with E-state index in [-0.39, 0.29) is 37.9 Å². The van der Waals surface area contributed by atoms with Crippen molar-refractivity contribution in [1.29, 1.82) is 0 Å². The molecule has 83 heavy (non-hydrogen) atoms. The number of carbonyl (C=O) groups is 2. The molecule has 0 spiro atoms. The normalized spacial score (nSPS) is 14.5. The van der Waals surface area contributed by atoms with E-state index in [0.717, 1.165) is 122 Å². The zero-order valence-corrected chi connectivity index (χ0v) is 54.8. The minimum Gasteiger partial charge on any atom is -0.456 e. The topological polar surface area (TPSA) is 111 Å². The lowest BCUT2D eigenvalue weighted by atomic mass is 10.0. The second kappa shape index (κ2) is 61.0. The van der Waals surface area contributed by atoms with Crippen molar-refractivity contribution in [3.8, 4) is 0 Å². The fraction of sp³-hybridized carbons (Fsp3) is 0.644. The number of amides is 1. The van der Waals surface area contributed by atoms with Crippen molar-refractivity contribution in [2.24, 2.45) is 0 Å². The molecule has 3 unspecified atom stereocenters. The van der Waals surface area contributed by atoms with Crippen LogP contribution in [0.2, 0.25) is 0 Å². The molecule has 0 aromatic carbocycles. The zero-order valence-electron chi connectivity index (χ0n) is 53.9. The monoisotopic (exact) mass is 1170 g/mol. The lowest BCUT2D eigenvalue weighted by Crippen LogP contribution is -2.47. The molecule has 1 amide bonds. The van der Waals surface area contributed by atoms with Crippen molar-refractivity contribution in [1.82, 2.24) is 5.32 Å². The number of unbranched alkanes of at least 4 members (excludes halogenated alkanes) is 20. The highest BCUT2D eigenvalue weighted by molar-refractivity contribution is 7.47. The molecule has 0 aliphatic carbocycles. The molecule has 3 atom stereocenters. The van der Waals surface area contributed by atoms with Crippen molar-refractivity contribution in [3.63, 3.8) is 0 Å². The second-order valence-corrected chi connectivity index (χ2v) is 24.3. The number of hydrogen-bond acceptors (Lipinski definition) is 6. The van der Waals surface area contributed by atoms with Crippen LogP contribution in [0.5, 0.6) is 0 Å².